The second-order valence-electron chi connectivity index (χ2n) is 5.87. The standard InChI is InChI=1S/C19H19N3O7/c1-2-9-28-18(24)12-3-6-14(7-4-12)21-17(23)11-29-19(25)13-5-8-15(20)16(10-13)22(26)27/h3-8,10H,2,9,11,20H2,1H3,(H,21,23). The van der Waals surface area contributed by atoms with E-state index in [0.717, 1.165) is 6.07 Å². The maximum atomic E-state index is 12.0. The Morgan fingerprint density at radius 3 is 2.28 bits per heavy atom. The first-order valence-electron chi connectivity index (χ1n) is 8.60. The molecule has 2 aromatic rings. The summed E-state index contributed by atoms with van der Waals surface area (Å²) in [5, 5.41) is 13.4. The van der Waals surface area contributed by atoms with Crippen LogP contribution in [0, 0.1) is 10.1 Å². The number of carbonyl (C=O) groups excluding carboxylic acids is 3. The molecule has 1 amide bonds. The number of nitrogen functional groups attached to an aromatic ring is 1. The fraction of sp³-hybridized carbons (Fsp3) is 0.211. The molecule has 0 spiro atoms. The maximum Gasteiger partial charge on any atom is 0.338 e. The van der Waals surface area contributed by atoms with Crippen LogP contribution in [0.2, 0.25) is 0 Å². The van der Waals surface area contributed by atoms with Gasteiger partial charge in [-0.2, -0.15) is 0 Å². The van der Waals surface area contributed by atoms with Crippen LogP contribution in [0.4, 0.5) is 17.1 Å². The lowest BCUT2D eigenvalue weighted by molar-refractivity contribution is -0.383. The zero-order valence-corrected chi connectivity index (χ0v) is 15.5. The smallest absolute Gasteiger partial charge is 0.338 e. The second-order valence-corrected chi connectivity index (χ2v) is 5.87. The Morgan fingerprint density at radius 2 is 1.66 bits per heavy atom. The molecule has 0 aliphatic rings. The number of nitrogens with zero attached hydrogens (tertiary/aromatic N) is 1. The average molecular weight is 401 g/mol. The van der Waals surface area contributed by atoms with E-state index in [4.69, 9.17) is 15.2 Å². The summed E-state index contributed by atoms with van der Waals surface area (Å²) < 4.78 is 9.86. The van der Waals surface area contributed by atoms with Gasteiger partial charge in [-0.15, -0.1) is 0 Å². The second kappa shape index (κ2) is 9.83. The van der Waals surface area contributed by atoms with Crippen LogP contribution in [0.25, 0.3) is 0 Å². The van der Waals surface area contributed by atoms with E-state index in [2.05, 4.69) is 5.32 Å². The van der Waals surface area contributed by atoms with Gasteiger partial charge in [-0.1, -0.05) is 6.92 Å². The molecule has 0 atom stereocenters. The fourth-order valence-corrected chi connectivity index (χ4v) is 2.21. The number of esters is 2. The van der Waals surface area contributed by atoms with Crippen molar-refractivity contribution in [1.29, 1.82) is 0 Å². The van der Waals surface area contributed by atoms with Crippen LogP contribution >= 0.6 is 0 Å². The molecule has 0 aromatic heterocycles. The van der Waals surface area contributed by atoms with Crippen molar-refractivity contribution in [3.8, 4) is 0 Å². The molecule has 0 fully saturated rings. The summed E-state index contributed by atoms with van der Waals surface area (Å²) in [4.78, 5) is 45.8. The quantitative estimate of drug-likeness (QED) is 0.296. The third-order valence-corrected chi connectivity index (χ3v) is 3.64. The van der Waals surface area contributed by atoms with E-state index < -0.39 is 35.1 Å². The van der Waals surface area contributed by atoms with E-state index in [9.17, 15) is 24.5 Å². The minimum Gasteiger partial charge on any atom is -0.462 e. The number of anilines is 2. The molecule has 0 aliphatic carbocycles. The van der Waals surface area contributed by atoms with Crippen LogP contribution in [0.15, 0.2) is 42.5 Å². The van der Waals surface area contributed by atoms with E-state index in [1.165, 1.54) is 36.4 Å². The van der Waals surface area contributed by atoms with Crippen molar-refractivity contribution in [3.05, 3.63) is 63.7 Å². The Hall–Kier alpha value is -3.95. The Balaban J connectivity index is 1.89. The van der Waals surface area contributed by atoms with Gasteiger partial charge >= 0.3 is 11.9 Å². The molecule has 0 bridgehead atoms. The Morgan fingerprint density at radius 1 is 1.03 bits per heavy atom. The van der Waals surface area contributed by atoms with Gasteiger partial charge < -0.3 is 20.5 Å². The van der Waals surface area contributed by atoms with Crippen molar-refractivity contribution in [2.24, 2.45) is 0 Å². The molecule has 0 heterocycles. The van der Waals surface area contributed by atoms with Crippen LogP contribution in [-0.2, 0) is 14.3 Å². The molecule has 0 saturated carbocycles. The summed E-state index contributed by atoms with van der Waals surface area (Å²) in [5.74, 6) is -1.99. The molecule has 2 aromatic carbocycles. The van der Waals surface area contributed by atoms with Crippen LogP contribution in [0.5, 0.6) is 0 Å². The molecular formula is C19H19N3O7. The predicted molar refractivity (Wildman–Crippen MR) is 103 cm³/mol. The first-order valence-corrected chi connectivity index (χ1v) is 8.60. The van der Waals surface area contributed by atoms with E-state index in [1.807, 2.05) is 6.92 Å². The van der Waals surface area contributed by atoms with Crippen molar-refractivity contribution >= 4 is 34.9 Å². The highest BCUT2D eigenvalue weighted by molar-refractivity contribution is 5.96. The van der Waals surface area contributed by atoms with Crippen molar-refractivity contribution < 1.29 is 28.8 Å². The van der Waals surface area contributed by atoms with E-state index in [0.29, 0.717) is 24.3 Å². The van der Waals surface area contributed by atoms with Gasteiger partial charge in [-0.3, -0.25) is 14.9 Å². The number of ether oxygens (including phenoxy) is 2. The molecular weight excluding hydrogens is 382 g/mol. The van der Waals surface area contributed by atoms with Gasteiger partial charge in [0.25, 0.3) is 11.6 Å². The lowest BCUT2D eigenvalue weighted by Crippen LogP contribution is -2.21. The van der Waals surface area contributed by atoms with Crippen molar-refractivity contribution in [2.75, 3.05) is 24.3 Å². The molecule has 10 heteroatoms. The molecule has 0 radical (unpaired) electrons. The van der Waals surface area contributed by atoms with Gasteiger partial charge in [0.15, 0.2) is 6.61 Å². The summed E-state index contributed by atoms with van der Waals surface area (Å²) in [6, 6.07) is 9.45. The lowest BCUT2D eigenvalue weighted by atomic mass is 10.2. The first kappa shape index (κ1) is 21.4. The van der Waals surface area contributed by atoms with E-state index in [-0.39, 0.29) is 11.3 Å². The number of nitro groups is 1. The van der Waals surface area contributed by atoms with Gasteiger partial charge in [-0.25, -0.2) is 9.59 Å². The molecule has 29 heavy (non-hydrogen) atoms. The van der Waals surface area contributed by atoms with Crippen molar-refractivity contribution in [3.63, 3.8) is 0 Å². The largest absolute Gasteiger partial charge is 0.462 e. The number of nitrogens with two attached hydrogens (primary N) is 1. The van der Waals surface area contributed by atoms with Crippen LogP contribution in [-0.4, -0.2) is 36.0 Å². The van der Waals surface area contributed by atoms with Crippen molar-refractivity contribution in [2.45, 2.75) is 13.3 Å². The number of nitro benzene ring substituents is 1. The lowest BCUT2D eigenvalue weighted by Gasteiger charge is -2.08. The highest BCUT2D eigenvalue weighted by atomic mass is 16.6. The van der Waals surface area contributed by atoms with Crippen LogP contribution < -0.4 is 11.1 Å². The SMILES string of the molecule is CCCOC(=O)c1ccc(NC(=O)COC(=O)c2ccc(N)c([N+](=O)[O-])c2)cc1. The molecule has 0 unspecified atom stereocenters. The monoisotopic (exact) mass is 401 g/mol. The topological polar surface area (TPSA) is 151 Å². The third-order valence-electron chi connectivity index (χ3n) is 3.64. The number of rotatable bonds is 8. The van der Waals surface area contributed by atoms with E-state index in [1.54, 1.807) is 0 Å². The first-order chi connectivity index (χ1) is 13.8. The molecule has 0 saturated heterocycles. The number of nitrogens with one attached hydrogen (secondary N) is 1. The van der Waals surface area contributed by atoms with Crippen LogP contribution in [0.1, 0.15) is 34.1 Å². The molecule has 3 N–H and O–H groups in total. The zero-order valence-electron chi connectivity index (χ0n) is 15.5. The highest BCUT2D eigenvalue weighted by Gasteiger charge is 2.17. The molecule has 152 valence electrons. The number of amides is 1. The van der Waals surface area contributed by atoms with Crippen molar-refractivity contribution in [1.82, 2.24) is 0 Å². The summed E-state index contributed by atoms with van der Waals surface area (Å²) in [5.41, 5.74) is 5.57. The van der Waals surface area contributed by atoms with E-state index >= 15 is 0 Å². The van der Waals surface area contributed by atoms with Gasteiger partial charge in [0.05, 0.1) is 22.7 Å². The summed E-state index contributed by atoms with van der Waals surface area (Å²) in [6.45, 7) is 1.60. The Kier molecular flexibility index (Phi) is 7.24. The van der Waals surface area contributed by atoms with Gasteiger partial charge in [0, 0.05) is 11.8 Å². The van der Waals surface area contributed by atoms with Crippen LogP contribution in [0.3, 0.4) is 0 Å². The number of carbonyl (C=O) groups is 3. The minimum atomic E-state index is -0.905. The molecule has 0 aliphatic heterocycles. The predicted octanol–water partition coefficient (Wildman–Crippen LogP) is 2.54. The molecule has 10 nitrogen and oxygen atoms in total. The average Bonchev–Trinajstić information content (AvgIpc) is 2.70. The van der Waals surface area contributed by atoms with Gasteiger partial charge in [0.2, 0.25) is 0 Å². The summed E-state index contributed by atoms with van der Waals surface area (Å²) in [6.07, 6.45) is 0.711. The van der Waals surface area contributed by atoms with Gasteiger partial charge in [-0.05, 0) is 42.8 Å². The molecule has 2 rings (SSSR count). The Labute approximate surface area is 165 Å². The zero-order chi connectivity index (χ0) is 21.4. The highest BCUT2D eigenvalue weighted by Crippen LogP contribution is 2.22. The Bertz CT molecular complexity index is 926. The summed E-state index contributed by atoms with van der Waals surface area (Å²) >= 11 is 0. The maximum absolute atomic E-state index is 12.0. The number of hydrogen-bond acceptors (Lipinski definition) is 8. The normalized spacial score (nSPS) is 10.1. The third kappa shape index (κ3) is 6.03. The minimum absolute atomic E-state index is 0.0914. The number of hydrogen-bond donors (Lipinski definition) is 2. The van der Waals surface area contributed by atoms with Gasteiger partial charge in [0.1, 0.15) is 5.69 Å². The summed E-state index contributed by atoms with van der Waals surface area (Å²) in [7, 11) is 0. The number of benzene rings is 2. The fourth-order valence-electron chi connectivity index (χ4n) is 2.21.